The summed E-state index contributed by atoms with van der Waals surface area (Å²) in [5.41, 5.74) is 0. The third-order valence-electron chi connectivity index (χ3n) is 4.04. The van der Waals surface area contributed by atoms with Crippen LogP contribution in [0.2, 0.25) is 0 Å². The van der Waals surface area contributed by atoms with Crippen molar-refractivity contribution in [3.63, 3.8) is 0 Å². The van der Waals surface area contributed by atoms with E-state index >= 15 is 0 Å². The van der Waals surface area contributed by atoms with Crippen LogP contribution < -0.4 is 4.72 Å². The SMILES string of the molecule is O=S(=O)(NC[C@H]1CC[C@@H](c2nc(C3CC3)no2)O1)c1cccs1. The first-order valence-electron chi connectivity index (χ1n) is 7.64. The summed E-state index contributed by atoms with van der Waals surface area (Å²) in [6, 6.07) is 3.30. The molecule has 2 fully saturated rings. The molecule has 0 bridgehead atoms. The van der Waals surface area contributed by atoms with E-state index in [1.807, 2.05) is 0 Å². The third kappa shape index (κ3) is 3.32. The molecule has 4 rings (SSSR count). The van der Waals surface area contributed by atoms with Crippen LogP contribution in [0.4, 0.5) is 0 Å². The zero-order valence-corrected chi connectivity index (χ0v) is 14.0. The molecule has 1 N–H and O–H groups in total. The van der Waals surface area contributed by atoms with E-state index in [0.29, 0.717) is 16.0 Å². The highest BCUT2D eigenvalue weighted by molar-refractivity contribution is 7.91. The lowest BCUT2D eigenvalue weighted by Crippen LogP contribution is -2.31. The van der Waals surface area contributed by atoms with Gasteiger partial charge in [-0.3, -0.25) is 0 Å². The number of rotatable bonds is 6. The molecule has 23 heavy (non-hydrogen) atoms. The molecule has 1 aliphatic carbocycles. The van der Waals surface area contributed by atoms with Gasteiger partial charge >= 0.3 is 0 Å². The summed E-state index contributed by atoms with van der Waals surface area (Å²) >= 11 is 1.20. The van der Waals surface area contributed by atoms with Gasteiger partial charge in [0.1, 0.15) is 10.3 Å². The van der Waals surface area contributed by atoms with Crippen LogP contribution >= 0.6 is 11.3 Å². The van der Waals surface area contributed by atoms with Gasteiger partial charge in [0.2, 0.25) is 10.0 Å². The van der Waals surface area contributed by atoms with E-state index < -0.39 is 10.0 Å². The van der Waals surface area contributed by atoms with Crippen molar-refractivity contribution in [3.05, 3.63) is 29.2 Å². The van der Waals surface area contributed by atoms with E-state index in [-0.39, 0.29) is 18.8 Å². The molecule has 2 aromatic rings. The van der Waals surface area contributed by atoms with Crippen molar-refractivity contribution < 1.29 is 17.7 Å². The fourth-order valence-electron chi connectivity index (χ4n) is 2.61. The quantitative estimate of drug-likeness (QED) is 0.854. The van der Waals surface area contributed by atoms with Crippen molar-refractivity contribution in [3.8, 4) is 0 Å². The first kappa shape index (κ1) is 15.3. The van der Waals surface area contributed by atoms with Crippen LogP contribution in [-0.2, 0) is 14.8 Å². The van der Waals surface area contributed by atoms with Crippen LogP contribution in [0.1, 0.15) is 49.4 Å². The van der Waals surface area contributed by atoms with Gasteiger partial charge in [-0.25, -0.2) is 13.1 Å². The molecule has 0 unspecified atom stereocenters. The van der Waals surface area contributed by atoms with Gasteiger partial charge in [-0.05, 0) is 37.1 Å². The van der Waals surface area contributed by atoms with E-state index in [1.165, 1.54) is 11.3 Å². The zero-order chi connectivity index (χ0) is 15.9. The monoisotopic (exact) mass is 355 g/mol. The smallest absolute Gasteiger partial charge is 0.255 e. The molecule has 2 aromatic heterocycles. The van der Waals surface area contributed by atoms with E-state index in [0.717, 1.165) is 31.5 Å². The lowest BCUT2D eigenvalue weighted by Gasteiger charge is -2.12. The average Bonchev–Trinajstić information content (AvgIpc) is 3.04. The molecule has 0 aromatic carbocycles. The molecule has 2 atom stereocenters. The second-order valence-corrected chi connectivity index (χ2v) is 8.81. The van der Waals surface area contributed by atoms with Crippen molar-refractivity contribution in [1.29, 1.82) is 0 Å². The summed E-state index contributed by atoms with van der Waals surface area (Å²) in [5, 5.41) is 5.73. The van der Waals surface area contributed by atoms with Gasteiger partial charge in [0.05, 0.1) is 6.10 Å². The molecule has 1 aliphatic heterocycles. The molecule has 1 saturated carbocycles. The fourth-order valence-corrected chi connectivity index (χ4v) is 4.72. The Morgan fingerprint density at radius 3 is 2.91 bits per heavy atom. The van der Waals surface area contributed by atoms with Crippen molar-refractivity contribution in [2.45, 2.75) is 48.0 Å². The van der Waals surface area contributed by atoms with Crippen LogP contribution in [0.5, 0.6) is 0 Å². The molecule has 1 saturated heterocycles. The lowest BCUT2D eigenvalue weighted by molar-refractivity contribution is 0.0290. The van der Waals surface area contributed by atoms with Crippen molar-refractivity contribution in [1.82, 2.24) is 14.9 Å². The number of hydrogen-bond donors (Lipinski definition) is 1. The van der Waals surface area contributed by atoms with E-state index in [4.69, 9.17) is 9.26 Å². The molecule has 124 valence electrons. The highest BCUT2D eigenvalue weighted by atomic mass is 32.2. The summed E-state index contributed by atoms with van der Waals surface area (Å²) in [4.78, 5) is 4.40. The minimum Gasteiger partial charge on any atom is -0.364 e. The number of nitrogens with one attached hydrogen (secondary N) is 1. The van der Waals surface area contributed by atoms with Gasteiger partial charge in [-0.1, -0.05) is 11.2 Å². The second-order valence-electron chi connectivity index (χ2n) is 5.87. The minimum atomic E-state index is -3.45. The van der Waals surface area contributed by atoms with Crippen LogP contribution in [0, 0.1) is 0 Å². The number of thiophene rings is 1. The van der Waals surface area contributed by atoms with Crippen LogP contribution in [0.15, 0.2) is 26.2 Å². The first-order chi connectivity index (χ1) is 11.1. The predicted molar refractivity (Wildman–Crippen MR) is 82.6 cm³/mol. The molecule has 9 heteroatoms. The second kappa shape index (κ2) is 5.97. The molecule has 3 heterocycles. The number of sulfonamides is 1. The largest absolute Gasteiger partial charge is 0.364 e. The summed E-state index contributed by atoms with van der Waals surface area (Å²) in [6.07, 6.45) is 3.36. The van der Waals surface area contributed by atoms with Gasteiger partial charge in [0.25, 0.3) is 5.89 Å². The minimum absolute atomic E-state index is 0.175. The van der Waals surface area contributed by atoms with E-state index in [1.54, 1.807) is 17.5 Å². The Morgan fingerprint density at radius 2 is 2.17 bits per heavy atom. The topological polar surface area (TPSA) is 94.3 Å². The van der Waals surface area contributed by atoms with E-state index in [2.05, 4.69) is 14.9 Å². The Balaban J connectivity index is 1.33. The number of ether oxygens (including phenoxy) is 1. The normalized spacial score (nSPS) is 25.0. The molecular weight excluding hydrogens is 338 g/mol. The number of nitrogens with zero attached hydrogens (tertiary/aromatic N) is 2. The Morgan fingerprint density at radius 1 is 1.30 bits per heavy atom. The van der Waals surface area contributed by atoms with Gasteiger partial charge in [-0.2, -0.15) is 4.98 Å². The highest BCUT2D eigenvalue weighted by Gasteiger charge is 2.34. The average molecular weight is 355 g/mol. The molecule has 0 radical (unpaired) electrons. The molecule has 2 aliphatic rings. The van der Waals surface area contributed by atoms with Gasteiger partial charge < -0.3 is 9.26 Å². The van der Waals surface area contributed by atoms with Crippen LogP contribution in [-0.4, -0.2) is 31.2 Å². The summed E-state index contributed by atoms with van der Waals surface area (Å²) in [6.45, 7) is 0.250. The molecule has 0 amide bonds. The highest BCUT2D eigenvalue weighted by Crippen LogP contribution is 2.39. The summed E-state index contributed by atoms with van der Waals surface area (Å²) in [5.74, 6) is 1.73. The maximum absolute atomic E-state index is 12.1. The third-order valence-corrected chi connectivity index (χ3v) is 6.86. The van der Waals surface area contributed by atoms with Gasteiger partial charge in [-0.15, -0.1) is 11.3 Å². The fraction of sp³-hybridized carbons (Fsp3) is 0.571. The van der Waals surface area contributed by atoms with Crippen molar-refractivity contribution in [2.75, 3.05) is 6.54 Å². The van der Waals surface area contributed by atoms with Crippen LogP contribution in [0.3, 0.4) is 0 Å². The van der Waals surface area contributed by atoms with Gasteiger partial charge in [0.15, 0.2) is 5.82 Å². The summed E-state index contributed by atoms with van der Waals surface area (Å²) < 4.78 is 38.2. The Hall–Kier alpha value is -1.29. The van der Waals surface area contributed by atoms with Crippen molar-refractivity contribution >= 4 is 21.4 Å². The maximum Gasteiger partial charge on any atom is 0.255 e. The van der Waals surface area contributed by atoms with Gasteiger partial charge in [0, 0.05) is 12.5 Å². The number of aromatic nitrogens is 2. The standard InChI is InChI=1S/C14H17N3O4S2/c18-23(19,12-2-1-7-22-12)15-8-10-5-6-11(20-10)14-16-13(17-21-14)9-3-4-9/h1-2,7,9-11,15H,3-6,8H2/t10-,11+/m1/s1. The molecular formula is C14H17N3O4S2. The maximum atomic E-state index is 12.1. The van der Waals surface area contributed by atoms with Crippen molar-refractivity contribution in [2.24, 2.45) is 0 Å². The molecule has 7 nitrogen and oxygen atoms in total. The van der Waals surface area contributed by atoms with Crippen LogP contribution in [0.25, 0.3) is 0 Å². The molecule has 0 spiro atoms. The Kier molecular flexibility index (Phi) is 3.96. The zero-order valence-electron chi connectivity index (χ0n) is 12.3. The Bertz CT molecular complexity index is 768. The number of hydrogen-bond acceptors (Lipinski definition) is 7. The lowest BCUT2D eigenvalue weighted by atomic mass is 10.2. The first-order valence-corrected chi connectivity index (χ1v) is 10.0. The Labute approximate surface area is 138 Å². The van der Waals surface area contributed by atoms with E-state index in [9.17, 15) is 8.42 Å². The predicted octanol–water partition coefficient (Wildman–Crippen LogP) is 2.21. The summed E-state index contributed by atoms with van der Waals surface area (Å²) in [7, 11) is -3.45.